The Bertz CT molecular complexity index is 998. The second kappa shape index (κ2) is 6.28. The summed E-state index contributed by atoms with van der Waals surface area (Å²) in [5.41, 5.74) is 0.864. The summed E-state index contributed by atoms with van der Waals surface area (Å²) < 4.78 is 4.00. The molecule has 0 saturated heterocycles. The van der Waals surface area contributed by atoms with Gasteiger partial charge in [-0.05, 0) is 18.4 Å². The Hall–Kier alpha value is -2.18. The van der Waals surface area contributed by atoms with Crippen LogP contribution >= 0.6 is 22.9 Å². The van der Waals surface area contributed by atoms with Gasteiger partial charge >= 0.3 is 5.56 Å². The van der Waals surface area contributed by atoms with Crippen molar-refractivity contribution in [2.75, 3.05) is 0 Å². The van der Waals surface area contributed by atoms with Crippen molar-refractivity contribution in [1.82, 2.24) is 9.55 Å². The van der Waals surface area contributed by atoms with Crippen molar-refractivity contribution in [3.05, 3.63) is 62.1 Å². The molecular formula is C18H17ClN3O2S+. The molecular weight excluding hydrogens is 358 g/mol. The van der Waals surface area contributed by atoms with E-state index in [2.05, 4.69) is 4.98 Å². The third kappa shape index (κ3) is 2.65. The highest BCUT2D eigenvalue weighted by molar-refractivity contribution is 7.15. The number of rotatable bonds is 2. The largest absolute Gasteiger partial charge is 0.477 e. The lowest BCUT2D eigenvalue weighted by molar-refractivity contribution is -0.690. The van der Waals surface area contributed by atoms with E-state index >= 15 is 0 Å². The molecule has 3 aromatic rings. The van der Waals surface area contributed by atoms with Crippen molar-refractivity contribution >= 4 is 22.9 Å². The van der Waals surface area contributed by atoms with Gasteiger partial charge in [-0.25, -0.2) is 14.3 Å². The van der Waals surface area contributed by atoms with E-state index in [1.54, 1.807) is 22.4 Å². The molecule has 3 heterocycles. The van der Waals surface area contributed by atoms with Crippen LogP contribution in [0.4, 0.5) is 0 Å². The van der Waals surface area contributed by atoms with Gasteiger partial charge in [0.2, 0.25) is 0 Å². The van der Waals surface area contributed by atoms with Crippen molar-refractivity contribution in [2.24, 2.45) is 7.05 Å². The SMILES string of the molecule is C[n+]1c(O)c(-c2ccccc2)c(=O)n2c1CCCC2c1cnc(Cl)s1. The Morgan fingerprint density at radius 2 is 2.12 bits per heavy atom. The van der Waals surface area contributed by atoms with Gasteiger partial charge in [0.05, 0.1) is 11.9 Å². The summed E-state index contributed by atoms with van der Waals surface area (Å²) in [6.07, 6.45) is 4.29. The lowest BCUT2D eigenvalue weighted by atomic mass is 10.0. The highest BCUT2D eigenvalue weighted by atomic mass is 35.5. The first-order valence-corrected chi connectivity index (χ1v) is 9.30. The molecule has 4 rings (SSSR count). The fraction of sp³-hybridized carbons (Fsp3) is 0.278. The molecule has 0 bridgehead atoms. The van der Waals surface area contributed by atoms with Crippen molar-refractivity contribution in [1.29, 1.82) is 0 Å². The predicted molar refractivity (Wildman–Crippen MR) is 97.2 cm³/mol. The molecule has 25 heavy (non-hydrogen) atoms. The van der Waals surface area contributed by atoms with Crippen LogP contribution in [0.5, 0.6) is 5.88 Å². The molecule has 1 atom stereocenters. The number of nitrogens with zero attached hydrogens (tertiary/aromatic N) is 3. The Labute approximate surface area is 153 Å². The Balaban J connectivity index is 2.00. The smallest absolute Gasteiger partial charge is 0.349 e. The fourth-order valence-electron chi connectivity index (χ4n) is 3.52. The first kappa shape index (κ1) is 16.3. The number of halogens is 1. The Kier molecular flexibility index (Phi) is 4.09. The van der Waals surface area contributed by atoms with E-state index in [0.29, 0.717) is 15.6 Å². The van der Waals surface area contributed by atoms with E-state index in [4.69, 9.17) is 11.6 Å². The fourth-order valence-corrected chi connectivity index (χ4v) is 4.60. The van der Waals surface area contributed by atoms with Crippen molar-refractivity contribution in [3.8, 4) is 17.0 Å². The molecule has 0 fully saturated rings. The second-order valence-electron chi connectivity index (χ2n) is 6.14. The van der Waals surface area contributed by atoms with Crippen LogP contribution in [0.3, 0.4) is 0 Å². The van der Waals surface area contributed by atoms with E-state index in [0.717, 1.165) is 30.0 Å². The molecule has 1 aromatic carbocycles. The molecule has 2 aromatic heterocycles. The third-order valence-electron chi connectivity index (χ3n) is 4.72. The highest BCUT2D eigenvalue weighted by Gasteiger charge is 2.36. The Morgan fingerprint density at radius 1 is 1.36 bits per heavy atom. The molecule has 7 heteroatoms. The first-order valence-electron chi connectivity index (χ1n) is 8.11. The van der Waals surface area contributed by atoms with Crippen LogP contribution in [0.2, 0.25) is 4.47 Å². The van der Waals surface area contributed by atoms with Gasteiger partial charge in [-0.1, -0.05) is 41.9 Å². The van der Waals surface area contributed by atoms with Crippen LogP contribution in [0.25, 0.3) is 11.1 Å². The molecule has 128 valence electrons. The van der Waals surface area contributed by atoms with Crippen LogP contribution in [0.1, 0.15) is 29.6 Å². The van der Waals surface area contributed by atoms with E-state index < -0.39 is 0 Å². The summed E-state index contributed by atoms with van der Waals surface area (Å²) in [6.45, 7) is 0. The summed E-state index contributed by atoms with van der Waals surface area (Å²) in [5, 5.41) is 10.7. The van der Waals surface area contributed by atoms with Gasteiger partial charge in [-0.15, -0.1) is 11.3 Å². The number of thiazole rings is 1. The highest BCUT2D eigenvalue weighted by Crippen LogP contribution is 2.34. The molecule has 1 unspecified atom stereocenters. The number of aromatic hydroxyl groups is 1. The normalized spacial score (nSPS) is 16.6. The molecule has 0 radical (unpaired) electrons. The zero-order chi connectivity index (χ0) is 17.6. The number of aromatic nitrogens is 3. The molecule has 0 aliphatic carbocycles. The molecule has 5 nitrogen and oxygen atoms in total. The topological polar surface area (TPSA) is 59.0 Å². The summed E-state index contributed by atoms with van der Waals surface area (Å²) in [6, 6.07) is 9.18. The van der Waals surface area contributed by atoms with Crippen LogP contribution in [-0.2, 0) is 13.5 Å². The van der Waals surface area contributed by atoms with Gasteiger partial charge in [0.15, 0.2) is 10.0 Å². The van der Waals surface area contributed by atoms with E-state index in [1.165, 1.54) is 11.3 Å². The number of benzene rings is 1. The summed E-state index contributed by atoms with van der Waals surface area (Å²) in [7, 11) is 1.80. The number of hydrogen-bond acceptors (Lipinski definition) is 4. The van der Waals surface area contributed by atoms with Gasteiger partial charge in [0.1, 0.15) is 6.04 Å². The van der Waals surface area contributed by atoms with E-state index in [-0.39, 0.29) is 17.5 Å². The van der Waals surface area contributed by atoms with Crippen LogP contribution in [0, 0.1) is 0 Å². The maximum atomic E-state index is 13.3. The zero-order valence-corrected chi connectivity index (χ0v) is 15.2. The van der Waals surface area contributed by atoms with Crippen molar-refractivity contribution < 1.29 is 9.67 Å². The Morgan fingerprint density at radius 3 is 2.80 bits per heavy atom. The van der Waals surface area contributed by atoms with Crippen molar-refractivity contribution in [3.63, 3.8) is 0 Å². The first-order chi connectivity index (χ1) is 12.1. The zero-order valence-electron chi connectivity index (χ0n) is 13.6. The van der Waals surface area contributed by atoms with Crippen molar-refractivity contribution in [2.45, 2.75) is 25.3 Å². The standard InChI is InChI=1S/C18H16ClN3O2S/c1-21-14-9-5-8-12(13-10-20-18(19)25-13)22(14)17(24)15(16(21)23)11-6-3-2-4-7-11/h2-4,6-7,10,12H,5,8-9H2,1H3/p+1. The van der Waals surface area contributed by atoms with Gasteiger partial charge in [0, 0.05) is 12.6 Å². The molecule has 0 spiro atoms. The van der Waals surface area contributed by atoms with E-state index in [1.807, 2.05) is 30.3 Å². The molecule has 1 N–H and O–H groups in total. The van der Waals surface area contributed by atoms with Gasteiger partial charge in [0.25, 0.3) is 11.7 Å². The van der Waals surface area contributed by atoms with Gasteiger partial charge < -0.3 is 5.11 Å². The maximum Gasteiger partial charge on any atom is 0.349 e. The number of fused-ring (bicyclic) bond motifs is 1. The molecule has 0 saturated carbocycles. The quantitative estimate of drug-likeness (QED) is 0.701. The summed E-state index contributed by atoms with van der Waals surface area (Å²) in [4.78, 5) is 18.4. The predicted octanol–water partition coefficient (Wildman–Crippen LogP) is 3.08. The third-order valence-corrected chi connectivity index (χ3v) is 5.93. The summed E-state index contributed by atoms with van der Waals surface area (Å²) >= 11 is 7.41. The monoisotopic (exact) mass is 374 g/mol. The maximum absolute atomic E-state index is 13.3. The minimum Gasteiger partial charge on any atom is -0.477 e. The average Bonchev–Trinajstić information content (AvgIpc) is 3.06. The molecule has 1 aliphatic rings. The minimum absolute atomic E-state index is 0.00503. The summed E-state index contributed by atoms with van der Waals surface area (Å²) in [5.74, 6) is 0.827. The minimum atomic E-state index is -0.175. The number of hydrogen-bond donors (Lipinski definition) is 1. The van der Waals surface area contributed by atoms with E-state index in [9.17, 15) is 9.90 Å². The van der Waals surface area contributed by atoms with Crippen LogP contribution < -0.4 is 10.1 Å². The molecule has 1 aliphatic heterocycles. The van der Waals surface area contributed by atoms with Gasteiger partial charge in [-0.3, -0.25) is 0 Å². The average molecular weight is 375 g/mol. The van der Waals surface area contributed by atoms with Crippen LogP contribution in [-0.4, -0.2) is 14.7 Å². The molecule has 0 amide bonds. The van der Waals surface area contributed by atoms with Crippen LogP contribution in [0.15, 0.2) is 41.3 Å². The lowest BCUT2D eigenvalue weighted by Gasteiger charge is -2.23. The lowest BCUT2D eigenvalue weighted by Crippen LogP contribution is -2.47. The van der Waals surface area contributed by atoms with Gasteiger partial charge in [-0.2, -0.15) is 4.57 Å². The second-order valence-corrected chi connectivity index (χ2v) is 7.78.